The molecule has 1 aromatic carbocycles. The van der Waals surface area contributed by atoms with Gasteiger partial charge in [0, 0.05) is 6.42 Å². The highest BCUT2D eigenvalue weighted by Crippen LogP contribution is 2.28. The summed E-state index contributed by atoms with van der Waals surface area (Å²) in [4.78, 5) is 23.5. The van der Waals surface area contributed by atoms with Gasteiger partial charge in [0.2, 0.25) is 5.91 Å². The van der Waals surface area contributed by atoms with Gasteiger partial charge in [0.05, 0.1) is 18.4 Å². The van der Waals surface area contributed by atoms with Crippen LogP contribution in [0.5, 0.6) is 5.75 Å². The van der Waals surface area contributed by atoms with Crippen molar-refractivity contribution in [1.29, 1.82) is 0 Å². The number of methoxy groups -OCH3 is 1. The van der Waals surface area contributed by atoms with Gasteiger partial charge in [-0.2, -0.15) is 8.78 Å². The van der Waals surface area contributed by atoms with Crippen molar-refractivity contribution in [3.8, 4) is 5.75 Å². The number of rotatable bonds is 7. The second kappa shape index (κ2) is 10.1. The number of esters is 1. The van der Waals surface area contributed by atoms with E-state index >= 15 is 0 Å². The van der Waals surface area contributed by atoms with Gasteiger partial charge in [0.15, 0.2) is 0 Å². The van der Waals surface area contributed by atoms with Crippen LogP contribution in [0.15, 0.2) is 18.2 Å². The summed E-state index contributed by atoms with van der Waals surface area (Å²) < 4.78 is 34.0. The summed E-state index contributed by atoms with van der Waals surface area (Å²) in [6.07, 6.45) is 2.05. The molecule has 25 heavy (non-hydrogen) atoms. The van der Waals surface area contributed by atoms with E-state index in [1.807, 2.05) is 0 Å². The molecule has 0 aliphatic carbocycles. The molecular formula is C16H21ClF2N2O4. The largest absolute Gasteiger partial charge is 0.465 e. The summed E-state index contributed by atoms with van der Waals surface area (Å²) in [5.41, 5.74) is 0.153. The van der Waals surface area contributed by atoms with Crippen molar-refractivity contribution in [2.75, 3.05) is 25.5 Å². The molecule has 1 amide bonds. The van der Waals surface area contributed by atoms with E-state index in [4.69, 9.17) is 0 Å². The Morgan fingerprint density at radius 3 is 2.76 bits per heavy atom. The SMILES string of the molecule is COC(=O)c1ccc(NC(=O)CCC2CCNC2)c(OC(F)F)c1.Cl. The van der Waals surface area contributed by atoms with Crippen molar-refractivity contribution in [2.45, 2.75) is 25.9 Å². The van der Waals surface area contributed by atoms with Gasteiger partial charge < -0.3 is 20.1 Å². The minimum atomic E-state index is -3.07. The molecule has 1 atom stereocenters. The summed E-state index contributed by atoms with van der Waals surface area (Å²) in [6, 6.07) is 3.84. The fraction of sp³-hybridized carbons (Fsp3) is 0.500. The second-order valence-electron chi connectivity index (χ2n) is 5.53. The lowest BCUT2D eigenvalue weighted by atomic mass is 10.0. The summed E-state index contributed by atoms with van der Waals surface area (Å²) in [5.74, 6) is -0.787. The van der Waals surface area contributed by atoms with E-state index in [1.54, 1.807) is 0 Å². The van der Waals surface area contributed by atoms with E-state index in [0.29, 0.717) is 12.3 Å². The van der Waals surface area contributed by atoms with Gasteiger partial charge in [-0.3, -0.25) is 4.79 Å². The zero-order valence-electron chi connectivity index (χ0n) is 13.7. The Kier molecular flexibility index (Phi) is 8.57. The fourth-order valence-electron chi connectivity index (χ4n) is 2.57. The maximum absolute atomic E-state index is 12.5. The lowest BCUT2D eigenvalue weighted by molar-refractivity contribution is -0.116. The molecule has 1 aromatic rings. The van der Waals surface area contributed by atoms with Gasteiger partial charge in [0.1, 0.15) is 5.75 Å². The predicted molar refractivity (Wildman–Crippen MR) is 90.5 cm³/mol. The van der Waals surface area contributed by atoms with E-state index in [9.17, 15) is 18.4 Å². The Hall–Kier alpha value is -1.93. The van der Waals surface area contributed by atoms with Gasteiger partial charge in [0.25, 0.3) is 0 Å². The molecule has 2 N–H and O–H groups in total. The van der Waals surface area contributed by atoms with E-state index in [2.05, 4.69) is 20.1 Å². The third kappa shape index (κ3) is 6.47. The van der Waals surface area contributed by atoms with E-state index < -0.39 is 12.6 Å². The minimum Gasteiger partial charge on any atom is -0.465 e. The number of nitrogens with one attached hydrogen (secondary N) is 2. The maximum Gasteiger partial charge on any atom is 0.387 e. The van der Waals surface area contributed by atoms with Crippen molar-refractivity contribution in [3.63, 3.8) is 0 Å². The van der Waals surface area contributed by atoms with Crippen LogP contribution >= 0.6 is 12.4 Å². The highest BCUT2D eigenvalue weighted by Gasteiger charge is 2.18. The first-order valence-electron chi connectivity index (χ1n) is 7.67. The molecule has 1 aliphatic heterocycles. The molecule has 0 spiro atoms. The van der Waals surface area contributed by atoms with Crippen molar-refractivity contribution in [2.24, 2.45) is 5.92 Å². The van der Waals surface area contributed by atoms with Crippen LogP contribution in [0, 0.1) is 5.92 Å². The Labute approximate surface area is 150 Å². The Balaban J connectivity index is 0.00000312. The highest BCUT2D eigenvalue weighted by atomic mass is 35.5. The molecule has 1 aliphatic rings. The number of carbonyl (C=O) groups is 2. The summed E-state index contributed by atoms with van der Waals surface area (Å²) in [6.45, 7) is -1.23. The molecule has 0 aromatic heterocycles. The van der Waals surface area contributed by atoms with Gasteiger partial charge in [-0.15, -0.1) is 12.4 Å². The Bertz CT molecular complexity index is 595. The van der Waals surface area contributed by atoms with E-state index in [-0.39, 0.29) is 35.3 Å². The number of carbonyl (C=O) groups excluding carboxylic acids is 2. The summed E-state index contributed by atoms with van der Waals surface area (Å²) in [5, 5.41) is 5.77. The molecule has 1 fully saturated rings. The van der Waals surface area contributed by atoms with Crippen molar-refractivity contribution >= 4 is 30.0 Å². The number of ether oxygens (including phenoxy) is 2. The van der Waals surface area contributed by atoms with Crippen LogP contribution in [-0.4, -0.2) is 38.7 Å². The molecule has 1 saturated heterocycles. The molecule has 0 saturated carbocycles. The molecule has 140 valence electrons. The van der Waals surface area contributed by atoms with Crippen LogP contribution in [0.4, 0.5) is 14.5 Å². The molecule has 0 bridgehead atoms. The van der Waals surface area contributed by atoms with Crippen LogP contribution in [0.1, 0.15) is 29.6 Å². The molecule has 0 radical (unpaired) electrons. The normalized spacial score (nSPS) is 16.2. The lowest BCUT2D eigenvalue weighted by Crippen LogP contribution is -2.16. The first-order valence-corrected chi connectivity index (χ1v) is 7.67. The van der Waals surface area contributed by atoms with Crippen LogP contribution in [-0.2, 0) is 9.53 Å². The average Bonchev–Trinajstić information content (AvgIpc) is 3.06. The summed E-state index contributed by atoms with van der Waals surface area (Å²) >= 11 is 0. The monoisotopic (exact) mass is 378 g/mol. The second-order valence-corrected chi connectivity index (χ2v) is 5.53. The van der Waals surface area contributed by atoms with Crippen LogP contribution in [0.25, 0.3) is 0 Å². The first kappa shape index (κ1) is 21.1. The third-order valence-corrected chi connectivity index (χ3v) is 3.83. The fourth-order valence-corrected chi connectivity index (χ4v) is 2.57. The van der Waals surface area contributed by atoms with Gasteiger partial charge in [-0.05, 0) is 50.0 Å². The van der Waals surface area contributed by atoms with Gasteiger partial charge >= 0.3 is 12.6 Å². The zero-order valence-corrected chi connectivity index (χ0v) is 14.5. The molecule has 1 unspecified atom stereocenters. The zero-order chi connectivity index (χ0) is 17.5. The predicted octanol–water partition coefficient (Wildman–Crippen LogP) is 2.82. The van der Waals surface area contributed by atoms with Crippen molar-refractivity contribution < 1.29 is 27.8 Å². The van der Waals surface area contributed by atoms with Crippen molar-refractivity contribution in [1.82, 2.24) is 5.32 Å². The molecule has 9 heteroatoms. The number of anilines is 1. The number of hydrogen-bond acceptors (Lipinski definition) is 5. The van der Waals surface area contributed by atoms with Crippen molar-refractivity contribution in [3.05, 3.63) is 23.8 Å². The molecule has 2 rings (SSSR count). The standard InChI is InChI=1S/C16H20F2N2O4.ClH/c1-23-15(22)11-3-4-12(13(8-11)24-16(17)18)20-14(21)5-2-10-6-7-19-9-10;/h3-4,8,10,16,19H,2,5-7,9H2,1H3,(H,20,21);1H. The van der Waals surface area contributed by atoms with Crippen LogP contribution in [0.3, 0.4) is 0 Å². The Morgan fingerprint density at radius 2 is 2.16 bits per heavy atom. The summed E-state index contributed by atoms with van der Waals surface area (Å²) in [7, 11) is 1.18. The van der Waals surface area contributed by atoms with Gasteiger partial charge in [-0.25, -0.2) is 4.79 Å². The Morgan fingerprint density at radius 1 is 1.40 bits per heavy atom. The quantitative estimate of drug-likeness (QED) is 0.713. The number of alkyl halides is 2. The smallest absolute Gasteiger partial charge is 0.387 e. The molecule has 1 heterocycles. The topological polar surface area (TPSA) is 76.7 Å². The average molecular weight is 379 g/mol. The third-order valence-electron chi connectivity index (χ3n) is 3.83. The van der Waals surface area contributed by atoms with E-state index in [0.717, 1.165) is 32.0 Å². The number of amides is 1. The lowest BCUT2D eigenvalue weighted by Gasteiger charge is -2.14. The highest BCUT2D eigenvalue weighted by molar-refractivity contribution is 5.95. The molecular weight excluding hydrogens is 358 g/mol. The van der Waals surface area contributed by atoms with Gasteiger partial charge in [-0.1, -0.05) is 0 Å². The van der Waals surface area contributed by atoms with Crippen LogP contribution in [0.2, 0.25) is 0 Å². The minimum absolute atomic E-state index is 0. The number of benzene rings is 1. The van der Waals surface area contributed by atoms with Crippen LogP contribution < -0.4 is 15.4 Å². The molecule has 6 nitrogen and oxygen atoms in total. The number of halogens is 3. The van der Waals surface area contributed by atoms with E-state index in [1.165, 1.54) is 19.2 Å². The number of hydrogen-bond donors (Lipinski definition) is 2. The first-order chi connectivity index (χ1) is 11.5. The maximum atomic E-state index is 12.5.